The third-order valence-electron chi connectivity index (χ3n) is 1.74. The molecule has 0 bridgehead atoms. The highest BCUT2D eigenvalue weighted by atomic mass is 19.1. The Bertz CT molecular complexity index is 365. The Labute approximate surface area is 80.4 Å². The molecule has 0 radical (unpaired) electrons. The number of esters is 1. The number of carbonyl (C=O) groups is 1. The SMILES string of the molecule is COC(=O)c1ccc(N)c(F)c1OC. The second-order valence-corrected chi connectivity index (χ2v) is 2.54. The normalized spacial score (nSPS) is 9.64. The van der Waals surface area contributed by atoms with Gasteiger partial charge in [0.15, 0.2) is 11.6 Å². The topological polar surface area (TPSA) is 61.5 Å². The van der Waals surface area contributed by atoms with Gasteiger partial charge in [-0.25, -0.2) is 9.18 Å². The molecule has 1 aromatic carbocycles. The lowest BCUT2D eigenvalue weighted by atomic mass is 10.1. The van der Waals surface area contributed by atoms with E-state index in [1.165, 1.54) is 26.4 Å². The van der Waals surface area contributed by atoms with Crippen LogP contribution in [-0.4, -0.2) is 20.2 Å². The second kappa shape index (κ2) is 3.95. The van der Waals surface area contributed by atoms with Gasteiger partial charge in [-0.2, -0.15) is 0 Å². The zero-order chi connectivity index (χ0) is 10.7. The standard InChI is InChI=1S/C9H10FNO3/c1-13-8-5(9(12)14-2)3-4-6(11)7(8)10/h3-4H,11H2,1-2H3. The van der Waals surface area contributed by atoms with Crippen molar-refractivity contribution in [3.63, 3.8) is 0 Å². The Hall–Kier alpha value is -1.78. The number of methoxy groups -OCH3 is 2. The first kappa shape index (κ1) is 10.3. The zero-order valence-electron chi connectivity index (χ0n) is 7.83. The number of nitrogen functional groups attached to an aromatic ring is 1. The lowest BCUT2D eigenvalue weighted by Gasteiger charge is -2.08. The highest BCUT2D eigenvalue weighted by Crippen LogP contribution is 2.27. The highest BCUT2D eigenvalue weighted by Gasteiger charge is 2.18. The first-order valence-corrected chi connectivity index (χ1v) is 3.82. The monoisotopic (exact) mass is 199 g/mol. The van der Waals surface area contributed by atoms with Crippen LogP contribution in [0, 0.1) is 5.82 Å². The molecule has 0 aliphatic heterocycles. The number of halogens is 1. The summed E-state index contributed by atoms with van der Waals surface area (Å²) in [7, 11) is 2.46. The molecule has 76 valence electrons. The maximum Gasteiger partial charge on any atom is 0.341 e. The summed E-state index contributed by atoms with van der Waals surface area (Å²) in [6.07, 6.45) is 0. The summed E-state index contributed by atoms with van der Waals surface area (Å²) in [5.74, 6) is -1.62. The summed E-state index contributed by atoms with van der Waals surface area (Å²) in [6, 6.07) is 2.63. The largest absolute Gasteiger partial charge is 0.493 e. The van der Waals surface area contributed by atoms with Gasteiger partial charge in [0.05, 0.1) is 19.9 Å². The Balaban J connectivity index is 3.31. The lowest BCUT2D eigenvalue weighted by molar-refractivity contribution is 0.0596. The smallest absolute Gasteiger partial charge is 0.341 e. The van der Waals surface area contributed by atoms with Gasteiger partial charge in [0.1, 0.15) is 5.56 Å². The third kappa shape index (κ3) is 1.61. The fourth-order valence-corrected chi connectivity index (χ4v) is 1.04. The molecule has 1 aromatic rings. The van der Waals surface area contributed by atoms with Crippen LogP contribution in [0.3, 0.4) is 0 Å². The van der Waals surface area contributed by atoms with E-state index in [1.54, 1.807) is 0 Å². The van der Waals surface area contributed by atoms with Crippen molar-refractivity contribution >= 4 is 11.7 Å². The molecule has 14 heavy (non-hydrogen) atoms. The van der Waals surface area contributed by atoms with E-state index in [9.17, 15) is 9.18 Å². The molecule has 0 saturated carbocycles. The van der Waals surface area contributed by atoms with Gasteiger partial charge in [-0.15, -0.1) is 0 Å². The predicted molar refractivity (Wildman–Crippen MR) is 48.7 cm³/mol. The summed E-state index contributed by atoms with van der Waals surface area (Å²) in [5.41, 5.74) is 5.24. The average Bonchev–Trinajstić information content (AvgIpc) is 2.20. The first-order chi connectivity index (χ1) is 6.61. The van der Waals surface area contributed by atoms with Gasteiger partial charge in [0.2, 0.25) is 0 Å². The molecule has 5 heteroatoms. The van der Waals surface area contributed by atoms with E-state index in [0.717, 1.165) is 0 Å². The van der Waals surface area contributed by atoms with Gasteiger partial charge in [-0.3, -0.25) is 0 Å². The van der Waals surface area contributed by atoms with Gasteiger partial charge in [0.25, 0.3) is 0 Å². The van der Waals surface area contributed by atoms with Crippen molar-refractivity contribution in [3.8, 4) is 5.75 Å². The lowest BCUT2D eigenvalue weighted by Crippen LogP contribution is -2.07. The molecule has 0 heterocycles. The molecule has 0 spiro atoms. The van der Waals surface area contributed by atoms with E-state index in [2.05, 4.69) is 4.74 Å². The van der Waals surface area contributed by atoms with E-state index < -0.39 is 11.8 Å². The van der Waals surface area contributed by atoms with E-state index in [4.69, 9.17) is 10.5 Å². The van der Waals surface area contributed by atoms with Gasteiger partial charge in [-0.05, 0) is 12.1 Å². The van der Waals surface area contributed by atoms with Gasteiger partial charge >= 0.3 is 5.97 Å². The van der Waals surface area contributed by atoms with Crippen molar-refractivity contribution in [1.82, 2.24) is 0 Å². The van der Waals surface area contributed by atoms with Crippen LogP contribution in [0.1, 0.15) is 10.4 Å². The third-order valence-corrected chi connectivity index (χ3v) is 1.74. The Kier molecular flexibility index (Phi) is 2.91. The Morgan fingerprint density at radius 1 is 1.43 bits per heavy atom. The molecular weight excluding hydrogens is 189 g/mol. The number of benzene rings is 1. The molecular formula is C9H10FNO3. The minimum absolute atomic E-state index is 0.0155. The second-order valence-electron chi connectivity index (χ2n) is 2.54. The summed E-state index contributed by atoms with van der Waals surface area (Å²) < 4.78 is 22.5. The van der Waals surface area contributed by atoms with Crippen molar-refractivity contribution in [1.29, 1.82) is 0 Å². The first-order valence-electron chi connectivity index (χ1n) is 3.82. The minimum atomic E-state index is -0.754. The zero-order valence-corrected chi connectivity index (χ0v) is 7.83. The number of ether oxygens (including phenoxy) is 2. The van der Waals surface area contributed by atoms with E-state index >= 15 is 0 Å². The van der Waals surface area contributed by atoms with Crippen LogP contribution in [0.15, 0.2) is 12.1 Å². The number of anilines is 1. The molecule has 4 nitrogen and oxygen atoms in total. The van der Waals surface area contributed by atoms with Crippen molar-refractivity contribution < 1.29 is 18.7 Å². The van der Waals surface area contributed by atoms with Crippen LogP contribution in [-0.2, 0) is 4.74 Å². The van der Waals surface area contributed by atoms with Crippen molar-refractivity contribution in [3.05, 3.63) is 23.5 Å². The fourth-order valence-electron chi connectivity index (χ4n) is 1.04. The van der Waals surface area contributed by atoms with E-state index in [-0.39, 0.29) is 17.0 Å². The maximum atomic E-state index is 13.3. The number of rotatable bonds is 2. The van der Waals surface area contributed by atoms with Crippen molar-refractivity contribution in [2.45, 2.75) is 0 Å². The summed E-state index contributed by atoms with van der Waals surface area (Å²) in [6.45, 7) is 0. The molecule has 1 rings (SSSR count). The van der Waals surface area contributed by atoms with Crippen molar-refractivity contribution in [2.75, 3.05) is 20.0 Å². The molecule has 0 unspecified atom stereocenters. The fraction of sp³-hybridized carbons (Fsp3) is 0.222. The van der Waals surface area contributed by atoms with Crippen LogP contribution in [0.5, 0.6) is 5.75 Å². The highest BCUT2D eigenvalue weighted by molar-refractivity contribution is 5.93. The summed E-state index contributed by atoms with van der Waals surface area (Å²) in [5, 5.41) is 0. The number of hydrogen-bond donors (Lipinski definition) is 1. The molecule has 0 aromatic heterocycles. The van der Waals surface area contributed by atoms with Crippen LogP contribution >= 0.6 is 0 Å². The predicted octanol–water partition coefficient (Wildman–Crippen LogP) is 1.20. The number of carbonyl (C=O) groups excluding carboxylic acids is 1. The molecule has 0 aliphatic rings. The van der Waals surface area contributed by atoms with E-state index in [1.807, 2.05) is 0 Å². The maximum absolute atomic E-state index is 13.3. The quantitative estimate of drug-likeness (QED) is 0.574. The van der Waals surface area contributed by atoms with Crippen LogP contribution in [0.2, 0.25) is 0 Å². The molecule has 0 saturated heterocycles. The molecule has 0 aliphatic carbocycles. The molecule has 0 atom stereocenters. The number of nitrogens with two attached hydrogens (primary N) is 1. The van der Waals surface area contributed by atoms with E-state index in [0.29, 0.717) is 0 Å². The Morgan fingerprint density at radius 3 is 2.57 bits per heavy atom. The van der Waals surface area contributed by atoms with Crippen molar-refractivity contribution in [2.24, 2.45) is 0 Å². The molecule has 2 N–H and O–H groups in total. The van der Waals surface area contributed by atoms with Gasteiger partial charge < -0.3 is 15.2 Å². The van der Waals surface area contributed by atoms with Crippen LogP contribution in [0.4, 0.5) is 10.1 Å². The summed E-state index contributed by atoms with van der Waals surface area (Å²) >= 11 is 0. The average molecular weight is 199 g/mol. The van der Waals surface area contributed by atoms with Crippen LogP contribution < -0.4 is 10.5 Å². The van der Waals surface area contributed by atoms with Gasteiger partial charge in [-0.1, -0.05) is 0 Å². The summed E-state index contributed by atoms with van der Waals surface area (Å²) in [4.78, 5) is 11.1. The van der Waals surface area contributed by atoms with Crippen LogP contribution in [0.25, 0.3) is 0 Å². The Morgan fingerprint density at radius 2 is 2.07 bits per heavy atom. The number of hydrogen-bond acceptors (Lipinski definition) is 4. The minimum Gasteiger partial charge on any atom is -0.493 e. The van der Waals surface area contributed by atoms with Gasteiger partial charge in [0, 0.05) is 0 Å². The molecule has 0 amide bonds. The molecule has 0 fully saturated rings.